The Hall–Kier alpha value is -2.18. The van der Waals surface area contributed by atoms with Crippen LogP contribution in [0.3, 0.4) is 0 Å². The van der Waals surface area contributed by atoms with Gasteiger partial charge < -0.3 is 4.74 Å². The zero-order chi connectivity index (χ0) is 13.0. The predicted octanol–water partition coefficient (Wildman–Crippen LogP) is 0.431. The number of aryl methyl sites for hydroxylation is 3. The summed E-state index contributed by atoms with van der Waals surface area (Å²) in [7, 11) is 1.87. The molecule has 7 heteroatoms. The van der Waals surface area contributed by atoms with Gasteiger partial charge in [0, 0.05) is 19.8 Å². The van der Waals surface area contributed by atoms with Crippen LogP contribution in [0.5, 0.6) is 0 Å². The largest absolute Gasteiger partial charge is 0.461 e. The first-order valence-corrected chi connectivity index (χ1v) is 5.74. The molecule has 0 atom stereocenters. The summed E-state index contributed by atoms with van der Waals surface area (Å²) in [6, 6.07) is 0. The number of hydrogen-bond donors (Lipinski definition) is 0. The van der Waals surface area contributed by atoms with Crippen LogP contribution >= 0.6 is 0 Å². The summed E-state index contributed by atoms with van der Waals surface area (Å²) in [6.07, 6.45) is 6.14. The van der Waals surface area contributed by atoms with Crippen molar-refractivity contribution in [3.05, 3.63) is 29.8 Å². The molecule has 0 spiro atoms. The Morgan fingerprint density at radius 2 is 2.28 bits per heavy atom. The van der Waals surface area contributed by atoms with Crippen LogP contribution in [0.4, 0.5) is 0 Å². The summed E-state index contributed by atoms with van der Waals surface area (Å²) in [5.41, 5.74) is 1.36. The first kappa shape index (κ1) is 12.3. The minimum absolute atomic E-state index is 0.239. The molecule has 0 aliphatic rings. The fraction of sp³-hybridized carbons (Fsp3) is 0.455. The normalized spacial score (nSPS) is 10.6. The average Bonchev–Trinajstić information content (AvgIpc) is 2.95. The number of nitrogens with zero attached hydrogens (tertiary/aromatic N) is 5. The molecule has 0 fully saturated rings. The second kappa shape index (κ2) is 5.44. The zero-order valence-corrected chi connectivity index (χ0v) is 10.4. The fourth-order valence-electron chi connectivity index (χ4n) is 1.55. The number of aromatic nitrogens is 5. The van der Waals surface area contributed by atoms with Crippen molar-refractivity contribution >= 4 is 5.97 Å². The number of carbonyl (C=O) groups excluding carboxylic acids is 1. The molecule has 7 nitrogen and oxygen atoms in total. The second-order valence-electron chi connectivity index (χ2n) is 3.86. The molecule has 0 aromatic carbocycles. The highest BCUT2D eigenvalue weighted by Crippen LogP contribution is 2.01. The van der Waals surface area contributed by atoms with Crippen LogP contribution in [0, 0.1) is 0 Å². The number of esters is 1. The van der Waals surface area contributed by atoms with Crippen molar-refractivity contribution in [2.75, 3.05) is 6.61 Å². The van der Waals surface area contributed by atoms with Gasteiger partial charge in [-0.15, -0.1) is 5.10 Å². The first-order valence-electron chi connectivity index (χ1n) is 5.74. The molecule has 0 saturated heterocycles. The third-order valence-corrected chi connectivity index (χ3v) is 2.41. The predicted molar refractivity (Wildman–Crippen MR) is 62.9 cm³/mol. The molecule has 0 bridgehead atoms. The van der Waals surface area contributed by atoms with Gasteiger partial charge in [0.05, 0.1) is 19.0 Å². The summed E-state index contributed by atoms with van der Waals surface area (Å²) in [6.45, 7) is 2.74. The van der Waals surface area contributed by atoms with E-state index in [2.05, 4.69) is 15.4 Å². The maximum absolute atomic E-state index is 11.4. The smallest absolute Gasteiger partial charge is 0.360 e. The van der Waals surface area contributed by atoms with Crippen molar-refractivity contribution in [3.8, 4) is 0 Å². The van der Waals surface area contributed by atoms with Gasteiger partial charge in [0.15, 0.2) is 5.69 Å². The summed E-state index contributed by atoms with van der Waals surface area (Å²) < 4.78 is 8.21. The van der Waals surface area contributed by atoms with Crippen LogP contribution in [-0.4, -0.2) is 37.4 Å². The topological polar surface area (TPSA) is 74.8 Å². The van der Waals surface area contributed by atoms with E-state index in [1.165, 1.54) is 0 Å². The lowest BCUT2D eigenvalue weighted by Crippen LogP contribution is -2.05. The van der Waals surface area contributed by atoms with Crippen molar-refractivity contribution < 1.29 is 9.53 Å². The summed E-state index contributed by atoms with van der Waals surface area (Å²) >= 11 is 0. The van der Waals surface area contributed by atoms with E-state index in [1.54, 1.807) is 22.5 Å². The minimum Gasteiger partial charge on any atom is -0.461 e. The molecule has 0 radical (unpaired) electrons. The summed E-state index contributed by atoms with van der Waals surface area (Å²) in [5.74, 6) is -0.440. The van der Waals surface area contributed by atoms with Crippen LogP contribution in [0.2, 0.25) is 0 Å². The lowest BCUT2D eigenvalue weighted by Gasteiger charge is -1.97. The number of rotatable bonds is 5. The summed E-state index contributed by atoms with van der Waals surface area (Å²) in [5, 5.41) is 11.7. The molecule has 0 aliphatic heterocycles. The van der Waals surface area contributed by atoms with E-state index in [4.69, 9.17) is 4.74 Å². The van der Waals surface area contributed by atoms with Crippen molar-refractivity contribution in [1.82, 2.24) is 24.8 Å². The SMILES string of the molecule is CCOC(=O)c1cn(CCc2cnn(C)c2)nn1. The molecule has 2 aromatic heterocycles. The standard InChI is InChI=1S/C11H15N5O2/c1-3-18-11(17)10-8-16(14-13-10)5-4-9-6-12-15(2)7-9/h6-8H,3-5H2,1-2H3. The van der Waals surface area contributed by atoms with E-state index in [1.807, 2.05) is 19.4 Å². The highest BCUT2D eigenvalue weighted by atomic mass is 16.5. The highest BCUT2D eigenvalue weighted by molar-refractivity contribution is 5.86. The average molecular weight is 249 g/mol. The van der Waals surface area contributed by atoms with E-state index in [0.717, 1.165) is 12.0 Å². The molecular weight excluding hydrogens is 234 g/mol. The van der Waals surface area contributed by atoms with Crippen molar-refractivity contribution in [2.45, 2.75) is 19.9 Å². The van der Waals surface area contributed by atoms with Gasteiger partial charge in [0.2, 0.25) is 0 Å². The highest BCUT2D eigenvalue weighted by Gasteiger charge is 2.11. The van der Waals surface area contributed by atoms with Gasteiger partial charge in [-0.2, -0.15) is 5.10 Å². The van der Waals surface area contributed by atoms with Crippen LogP contribution in [0.15, 0.2) is 18.6 Å². The lowest BCUT2D eigenvalue weighted by atomic mass is 10.2. The van der Waals surface area contributed by atoms with Crippen LogP contribution in [-0.2, 0) is 24.8 Å². The van der Waals surface area contributed by atoms with E-state index < -0.39 is 5.97 Å². The maximum atomic E-state index is 11.4. The van der Waals surface area contributed by atoms with Gasteiger partial charge >= 0.3 is 5.97 Å². The second-order valence-corrected chi connectivity index (χ2v) is 3.86. The molecule has 0 unspecified atom stereocenters. The number of hydrogen-bond acceptors (Lipinski definition) is 5. The first-order chi connectivity index (χ1) is 8.69. The van der Waals surface area contributed by atoms with Gasteiger partial charge in [0.1, 0.15) is 0 Å². The molecule has 0 N–H and O–H groups in total. The van der Waals surface area contributed by atoms with E-state index in [0.29, 0.717) is 13.2 Å². The third kappa shape index (κ3) is 2.93. The fourth-order valence-corrected chi connectivity index (χ4v) is 1.55. The van der Waals surface area contributed by atoms with Gasteiger partial charge in [-0.1, -0.05) is 5.21 Å². The third-order valence-electron chi connectivity index (χ3n) is 2.41. The Balaban J connectivity index is 1.92. The minimum atomic E-state index is -0.440. The molecule has 96 valence electrons. The Bertz CT molecular complexity index is 531. The van der Waals surface area contributed by atoms with E-state index in [-0.39, 0.29) is 5.69 Å². The molecule has 2 aromatic rings. The Morgan fingerprint density at radius 3 is 2.94 bits per heavy atom. The molecule has 0 aliphatic carbocycles. The van der Waals surface area contributed by atoms with Crippen molar-refractivity contribution in [2.24, 2.45) is 7.05 Å². The van der Waals surface area contributed by atoms with Crippen LogP contribution < -0.4 is 0 Å². The van der Waals surface area contributed by atoms with Gasteiger partial charge in [-0.05, 0) is 18.9 Å². The molecule has 0 saturated carbocycles. The molecule has 2 heterocycles. The van der Waals surface area contributed by atoms with E-state index in [9.17, 15) is 4.79 Å². The Morgan fingerprint density at radius 1 is 1.44 bits per heavy atom. The Kier molecular flexibility index (Phi) is 3.71. The molecule has 2 rings (SSSR count). The van der Waals surface area contributed by atoms with Gasteiger partial charge in [0.25, 0.3) is 0 Å². The lowest BCUT2D eigenvalue weighted by molar-refractivity contribution is 0.0519. The monoisotopic (exact) mass is 249 g/mol. The van der Waals surface area contributed by atoms with Crippen molar-refractivity contribution in [3.63, 3.8) is 0 Å². The number of carbonyl (C=O) groups is 1. The van der Waals surface area contributed by atoms with Crippen LogP contribution in [0.1, 0.15) is 23.0 Å². The van der Waals surface area contributed by atoms with Crippen LogP contribution in [0.25, 0.3) is 0 Å². The molecule has 18 heavy (non-hydrogen) atoms. The maximum Gasteiger partial charge on any atom is 0.360 e. The van der Waals surface area contributed by atoms with Gasteiger partial charge in [-0.3, -0.25) is 9.36 Å². The van der Waals surface area contributed by atoms with Gasteiger partial charge in [-0.25, -0.2) is 4.79 Å². The van der Waals surface area contributed by atoms with E-state index >= 15 is 0 Å². The zero-order valence-electron chi connectivity index (χ0n) is 10.4. The quantitative estimate of drug-likeness (QED) is 0.718. The Labute approximate surface area is 104 Å². The number of ether oxygens (including phenoxy) is 1. The molecule has 0 amide bonds. The van der Waals surface area contributed by atoms with Crippen molar-refractivity contribution in [1.29, 1.82) is 0 Å². The molecular formula is C11H15N5O2. The summed E-state index contributed by atoms with van der Waals surface area (Å²) in [4.78, 5) is 11.4.